The Bertz CT molecular complexity index is 815. The van der Waals surface area contributed by atoms with Gasteiger partial charge in [0.25, 0.3) is 0 Å². The summed E-state index contributed by atoms with van der Waals surface area (Å²) in [4.78, 5) is 36.1. The second-order valence-corrected chi connectivity index (χ2v) is 11.4. The molecule has 8 atom stereocenters. The Hall–Kier alpha value is -1.65. The number of rotatable bonds is 5. The molecule has 3 fully saturated rings. The van der Waals surface area contributed by atoms with E-state index in [9.17, 15) is 14.4 Å². The molecule has 8 unspecified atom stereocenters. The Morgan fingerprint density at radius 1 is 1.16 bits per heavy atom. The van der Waals surface area contributed by atoms with E-state index in [4.69, 9.17) is 9.47 Å². The molecule has 0 aromatic carbocycles. The first-order valence-electron chi connectivity index (χ1n) is 12.6. The van der Waals surface area contributed by atoms with Gasteiger partial charge in [-0.2, -0.15) is 0 Å². The lowest BCUT2D eigenvalue weighted by Crippen LogP contribution is -2.57. The van der Waals surface area contributed by atoms with Crippen molar-refractivity contribution >= 4 is 17.7 Å². The smallest absolute Gasteiger partial charge is 0.305 e. The van der Waals surface area contributed by atoms with Crippen LogP contribution in [-0.2, 0) is 23.9 Å². The van der Waals surface area contributed by atoms with Gasteiger partial charge < -0.3 is 9.47 Å². The number of fused-ring (bicyclic) bond motifs is 5. The highest BCUT2D eigenvalue weighted by molar-refractivity contribution is 5.91. The number of carbonyl (C=O) groups excluding carboxylic acids is 3. The van der Waals surface area contributed by atoms with E-state index in [1.165, 1.54) is 19.6 Å². The zero-order chi connectivity index (χ0) is 23.3. The number of hydrogen-bond donors (Lipinski definition) is 0. The molecule has 4 aliphatic rings. The van der Waals surface area contributed by atoms with Crippen LogP contribution in [0.3, 0.4) is 0 Å². The van der Waals surface area contributed by atoms with Crippen LogP contribution in [0.1, 0.15) is 85.5 Å². The van der Waals surface area contributed by atoms with Gasteiger partial charge in [0.15, 0.2) is 5.78 Å². The SMILES string of the molecule is COC(=O)CCC(C)C1CCC2C3CCC4=CC(=O)CCC4(C)C3CC(OC(C)=O)C12C. The fourth-order valence-electron chi connectivity index (χ4n) is 8.48. The van der Waals surface area contributed by atoms with E-state index >= 15 is 0 Å². The predicted molar refractivity (Wildman–Crippen MR) is 122 cm³/mol. The minimum Gasteiger partial charge on any atom is -0.469 e. The average Bonchev–Trinajstić information content (AvgIpc) is 3.11. The third-order valence-corrected chi connectivity index (χ3v) is 10.1. The van der Waals surface area contributed by atoms with E-state index in [2.05, 4.69) is 20.8 Å². The highest BCUT2D eigenvalue weighted by Crippen LogP contribution is 2.68. The molecule has 0 aliphatic heterocycles. The van der Waals surface area contributed by atoms with E-state index in [1.807, 2.05) is 6.08 Å². The normalized spacial score (nSPS) is 41.6. The molecule has 32 heavy (non-hydrogen) atoms. The molecule has 4 rings (SSSR count). The van der Waals surface area contributed by atoms with Crippen LogP contribution in [0.15, 0.2) is 11.6 Å². The summed E-state index contributed by atoms with van der Waals surface area (Å²) in [5.41, 5.74) is 1.32. The summed E-state index contributed by atoms with van der Waals surface area (Å²) in [7, 11) is 1.45. The predicted octanol–water partition coefficient (Wildman–Crippen LogP) is 5.27. The van der Waals surface area contributed by atoms with Crippen LogP contribution in [0, 0.1) is 40.4 Å². The Morgan fingerprint density at radius 2 is 1.91 bits per heavy atom. The molecule has 0 heterocycles. The van der Waals surface area contributed by atoms with Gasteiger partial charge in [-0.15, -0.1) is 0 Å². The van der Waals surface area contributed by atoms with Crippen LogP contribution in [-0.4, -0.2) is 30.9 Å². The van der Waals surface area contributed by atoms with Crippen LogP contribution >= 0.6 is 0 Å². The lowest BCUT2D eigenvalue weighted by Gasteiger charge is -2.60. The van der Waals surface area contributed by atoms with Gasteiger partial charge in [0.1, 0.15) is 6.10 Å². The van der Waals surface area contributed by atoms with Gasteiger partial charge in [-0.3, -0.25) is 14.4 Å². The van der Waals surface area contributed by atoms with E-state index in [-0.39, 0.29) is 34.7 Å². The van der Waals surface area contributed by atoms with Crippen LogP contribution in [0.2, 0.25) is 0 Å². The maximum Gasteiger partial charge on any atom is 0.305 e. The Kier molecular flexibility index (Phi) is 6.32. The van der Waals surface area contributed by atoms with E-state index in [0.717, 1.165) is 44.9 Å². The molecule has 4 aliphatic carbocycles. The van der Waals surface area contributed by atoms with Crippen molar-refractivity contribution in [2.24, 2.45) is 40.4 Å². The van der Waals surface area contributed by atoms with Gasteiger partial charge in [0.05, 0.1) is 7.11 Å². The van der Waals surface area contributed by atoms with Gasteiger partial charge in [-0.05, 0) is 86.0 Å². The molecule has 3 saturated carbocycles. The molecule has 0 aromatic rings. The van der Waals surface area contributed by atoms with Crippen LogP contribution in [0.25, 0.3) is 0 Å². The molecule has 178 valence electrons. The van der Waals surface area contributed by atoms with Crippen molar-refractivity contribution in [3.8, 4) is 0 Å². The highest BCUT2D eigenvalue weighted by atomic mass is 16.5. The van der Waals surface area contributed by atoms with Gasteiger partial charge in [-0.1, -0.05) is 26.3 Å². The zero-order valence-electron chi connectivity index (χ0n) is 20.4. The number of ketones is 1. The Morgan fingerprint density at radius 3 is 2.59 bits per heavy atom. The first kappa shape index (κ1) is 23.5. The lowest BCUT2D eigenvalue weighted by molar-refractivity contribution is -0.181. The fourth-order valence-corrected chi connectivity index (χ4v) is 8.48. The fraction of sp³-hybridized carbons (Fsp3) is 0.815. The number of allylic oxidation sites excluding steroid dienone is 1. The number of esters is 2. The maximum atomic E-state index is 12.2. The summed E-state index contributed by atoms with van der Waals surface area (Å²) < 4.78 is 11.0. The minimum absolute atomic E-state index is 0.0468. The molecule has 0 bridgehead atoms. The van der Waals surface area contributed by atoms with Crippen LogP contribution in [0.5, 0.6) is 0 Å². The van der Waals surface area contributed by atoms with Crippen molar-refractivity contribution in [1.82, 2.24) is 0 Å². The molecule has 0 spiro atoms. The molecule has 5 nitrogen and oxygen atoms in total. The molecular formula is C27H40O5. The molecule has 5 heteroatoms. The number of hydrogen-bond acceptors (Lipinski definition) is 5. The quantitative estimate of drug-likeness (QED) is 0.541. The Balaban J connectivity index is 1.65. The summed E-state index contributed by atoms with van der Waals surface area (Å²) in [6, 6.07) is 0. The summed E-state index contributed by atoms with van der Waals surface area (Å²) in [6.07, 6.45) is 9.98. The number of methoxy groups -OCH3 is 1. The molecule has 0 saturated heterocycles. The second-order valence-electron chi connectivity index (χ2n) is 11.4. The monoisotopic (exact) mass is 444 g/mol. The molecule has 0 radical (unpaired) electrons. The standard InChI is InChI=1S/C27H40O5/c1-16(6-11-25(30)31-5)21-9-10-22-20-8-7-18-14-19(29)12-13-26(18,3)23(20)15-24(27(21,22)4)32-17(2)28/h14,16,20-24H,6-13,15H2,1-5H3. The molecule has 0 N–H and O–H groups in total. The maximum absolute atomic E-state index is 12.2. The largest absolute Gasteiger partial charge is 0.469 e. The van der Waals surface area contributed by atoms with Crippen molar-refractivity contribution in [3.63, 3.8) is 0 Å². The van der Waals surface area contributed by atoms with E-state index < -0.39 is 0 Å². The van der Waals surface area contributed by atoms with Crippen molar-refractivity contribution in [2.75, 3.05) is 7.11 Å². The van der Waals surface area contributed by atoms with Crippen LogP contribution in [0.4, 0.5) is 0 Å². The van der Waals surface area contributed by atoms with Crippen molar-refractivity contribution in [1.29, 1.82) is 0 Å². The second kappa shape index (κ2) is 8.61. The first-order valence-corrected chi connectivity index (χ1v) is 12.6. The van der Waals surface area contributed by atoms with Gasteiger partial charge in [0.2, 0.25) is 0 Å². The molecule has 0 amide bonds. The lowest BCUT2D eigenvalue weighted by atomic mass is 9.45. The van der Waals surface area contributed by atoms with E-state index in [1.54, 1.807) is 0 Å². The summed E-state index contributed by atoms with van der Waals surface area (Å²) in [5.74, 6) is 2.32. The number of carbonyl (C=O) groups is 3. The third kappa shape index (κ3) is 3.74. The Labute approximate surface area is 192 Å². The summed E-state index contributed by atoms with van der Waals surface area (Å²) in [6.45, 7) is 8.52. The average molecular weight is 445 g/mol. The van der Waals surface area contributed by atoms with Gasteiger partial charge in [-0.25, -0.2) is 0 Å². The topological polar surface area (TPSA) is 69.7 Å². The molecule has 0 aromatic heterocycles. The van der Waals surface area contributed by atoms with Crippen molar-refractivity contribution in [3.05, 3.63) is 11.6 Å². The van der Waals surface area contributed by atoms with E-state index in [0.29, 0.717) is 42.4 Å². The molecular weight excluding hydrogens is 404 g/mol. The van der Waals surface area contributed by atoms with Gasteiger partial charge in [0, 0.05) is 25.2 Å². The van der Waals surface area contributed by atoms with Gasteiger partial charge >= 0.3 is 11.9 Å². The third-order valence-electron chi connectivity index (χ3n) is 10.1. The van der Waals surface area contributed by atoms with Crippen LogP contribution < -0.4 is 0 Å². The summed E-state index contributed by atoms with van der Waals surface area (Å²) >= 11 is 0. The minimum atomic E-state index is -0.197. The highest BCUT2D eigenvalue weighted by Gasteiger charge is 2.64. The van der Waals surface area contributed by atoms with Crippen molar-refractivity contribution < 1.29 is 23.9 Å². The zero-order valence-corrected chi connectivity index (χ0v) is 20.4. The number of ether oxygens (including phenoxy) is 2. The summed E-state index contributed by atoms with van der Waals surface area (Å²) in [5, 5.41) is 0. The first-order chi connectivity index (χ1) is 15.1. The van der Waals surface area contributed by atoms with Crippen molar-refractivity contribution in [2.45, 2.75) is 91.6 Å².